The summed E-state index contributed by atoms with van der Waals surface area (Å²) in [7, 11) is 0. The Morgan fingerprint density at radius 2 is 1.67 bits per heavy atom. The molecule has 0 atom stereocenters. The minimum atomic E-state index is -0.354. The largest absolute Gasteiger partial charge is 0.450 e. The molecule has 1 fully saturated rings. The topological polar surface area (TPSA) is 70.2 Å². The maximum Gasteiger partial charge on any atom is 0.409 e. The minimum Gasteiger partial charge on any atom is -0.450 e. The van der Waals surface area contributed by atoms with E-state index in [9.17, 15) is 14.4 Å². The van der Waals surface area contributed by atoms with Crippen molar-refractivity contribution < 1.29 is 19.1 Å². The molecule has 0 N–H and O–H groups in total. The molecule has 1 saturated heterocycles. The number of nitrogens with zero attached hydrogens (tertiary/aromatic N) is 3. The summed E-state index contributed by atoms with van der Waals surface area (Å²) in [6, 6.07) is 15.6. The number of aryl methyl sites for hydroxylation is 1. The summed E-state index contributed by atoms with van der Waals surface area (Å²) in [6.45, 7) is 5.75. The Morgan fingerprint density at radius 3 is 2.36 bits per heavy atom. The Labute approximate surface area is 198 Å². The molecule has 2 aromatic carbocycles. The number of hydrogen-bond acceptors (Lipinski definition) is 5. The Balaban J connectivity index is 1.50. The van der Waals surface area contributed by atoms with Gasteiger partial charge in [0.15, 0.2) is 0 Å². The van der Waals surface area contributed by atoms with E-state index in [1.54, 1.807) is 21.6 Å². The molecule has 0 unspecified atom stereocenters. The number of carbonyl (C=O) groups excluding carboxylic acids is 3. The third-order valence-electron chi connectivity index (χ3n) is 5.66. The van der Waals surface area contributed by atoms with Crippen LogP contribution in [-0.2, 0) is 14.3 Å². The summed E-state index contributed by atoms with van der Waals surface area (Å²) in [5, 5.41) is 0. The fraction of sp³-hybridized carbons (Fsp3) is 0.320. The number of amides is 3. The van der Waals surface area contributed by atoms with E-state index in [1.807, 2.05) is 61.5 Å². The van der Waals surface area contributed by atoms with E-state index in [1.165, 1.54) is 11.8 Å². The zero-order chi connectivity index (χ0) is 23.4. The van der Waals surface area contributed by atoms with Crippen molar-refractivity contribution in [3.63, 3.8) is 0 Å². The molecule has 7 nitrogen and oxygen atoms in total. The normalized spacial score (nSPS) is 17.2. The Bertz CT molecular complexity index is 1080. The van der Waals surface area contributed by atoms with Crippen LogP contribution < -0.4 is 4.90 Å². The van der Waals surface area contributed by atoms with E-state index in [0.29, 0.717) is 37.7 Å². The van der Waals surface area contributed by atoms with Crippen molar-refractivity contribution in [1.29, 1.82) is 0 Å². The molecule has 0 spiro atoms. The van der Waals surface area contributed by atoms with Gasteiger partial charge in [0, 0.05) is 31.1 Å². The van der Waals surface area contributed by atoms with Gasteiger partial charge in [-0.3, -0.25) is 14.5 Å². The monoisotopic (exact) mass is 465 g/mol. The van der Waals surface area contributed by atoms with Crippen LogP contribution >= 0.6 is 11.8 Å². The van der Waals surface area contributed by atoms with Gasteiger partial charge in [0.1, 0.15) is 6.54 Å². The van der Waals surface area contributed by atoms with Gasteiger partial charge in [0.25, 0.3) is 5.91 Å². The highest BCUT2D eigenvalue weighted by Gasteiger charge is 2.33. The molecule has 8 heteroatoms. The predicted octanol–water partition coefficient (Wildman–Crippen LogP) is 3.78. The average Bonchev–Trinajstić information content (AvgIpc) is 2.83. The Kier molecular flexibility index (Phi) is 7.03. The van der Waals surface area contributed by atoms with E-state index < -0.39 is 0 Å². The summed E-state index contributed by atoms with van der Waals surface area (Å²) < 4.78 is 5.04. The third-order valence-corrected chi connectivity index (χ3v) is 6.74. The van der Waals surface area contributed by atoms with Crippen LogP contribution in [0.5, 0.6) is 0 Å². The van der Waals surface area contributed by atoms with E-state index in [2.05, 4.69) is 0 Å². The van der Waals surface area contributed by atoms with Crippen molar-refractivity contribution in [2.24, 2.45) is 0 Å². The van der Waals surface area contributed by atoms with E-state index >= 15 is 0 Å². The lowest BCUT2D eigenvalue weighted by Gasteiger charge is -2.36. The Morgan fingerprint density at radius 1 is 1.00 bits per heavy atom. The van der Waals surface area contributed by atoms with Crippen LogP contribution in [0.4, 0.5) is 10.5 Å². The first-order chi connectivity index (χ1) is 16.0. The maximum atomic E-state index is 13.4. The number of ether oxygens (including phenoxy) is 1. The molecule has 172 valence electrons. The molecule has 2 aromatic rings. The number of carbonyl (C=O) groups is 3. The summed E-state index contributed by atoms with van der Waals surface area (Å²) in [5.74, 6) is -0.318. The smallest absolute Gasteiger partial charge is 0.409 e. The molecule has 2 heterocycles. The first-order valence-electron chi connectivity index (χ1n) is 11.0. The second-order valence-electron chi connectivity index (χ2n) is 7.95. The van der Waals surface area contributed by atoms with Crippen LogP contribution in [0.15, 0.2) is 58.3 Å². The highest BCUT2D eigenvalue weighted by atomic mass is 32.2. The first kappa shape index (κ1) is 22.9. The van der Waals surface area contributed by atoms with Crippen molar-refractivity contribution in [1.82, 2.24) is 9.80 Å². The van der Waals surface area contributed by atoms with Crippen LogP contribution in [0.25, 0.3) is 6.08 Å². The molecule has 0 bridgehead atoms. The molecule has 33 heavy (non-hydrogen) atoms. The van der Waals surface area contributed by atoms with Crippen LogP contribution in [0.3, 0.4) is 0 Å². The van der Waals surface area contributed by atoms with Gasteiger partial charge in [-0.1, -0.05) is 53.7 Å². The van der Waals surface area contributed by atoms with Gasteiger partial charge in [0.05, 0.1) is 17.2 Å². The van der Waals surface area contributed by atoms with Gasteiger partial charge in [-0.15, -0.1) is 0 Å². The summed E-state index contributed by atoms with van der Waals surface area (Å²) >= 11 is 1.43. The molecule has 2 aliphatic heterocycles. The number of hydrogen-bond donors (Lipinski definition) is 0. The Hall–Kier alpha value is -3.26. The zero-order valence-corrected chi connectivity index (χ0v) is 19.6. The first-order valence-corrected chi connectivity index (χ1v) is 11.8. The molecule has 3 amide bonds. The maximum absolute atomic E-state index is 13.4. The van der Waals surface area contributed by atoms with Gasteiger partial charge in [-0.2, -0.15) is 0 Å². The van der Waals surface area contributed by atoms with Crippen molar-refractivity contribution in [2.45, 2.75) is 18.7 Å². The minimum absolute atomic E-state index is 0.0406. The standard InChI is InChI=1S/C25H27N3O4S/c1-3-32-25(31)27-14-12-26(13-15-27)23(29)17-28-20-6-4-5-7-21(20)33-22(24(28)30)16-19-10-8-18(2)9-11-19/h4-11,16H,3,12-15,17H2,1-2H3. The fourth-order valence-corrected chi connectivity index (χ4v) is 4.88. The van der Waals surface area contributed by atoms with Gasteiger partial charge in [0.2, 0.25) is 5.91 Å². The molecule has 2 aliphatic rings. The number of rotatable bonds is 4. The zero-order valence-electron chi connectivity index (χ0n) is 18.8. The molecule has 0 aromatic heterocycles. The van der Waals surface area contributed by atoms with Gasteiger partial charge in [-0.25, -0.2) is 4.79 Å². The van der Waals surface area contributed by atoms with Crippen molar-refractivity contribution >= 4 is 41.4 Å². The second-order valence-corrected chi connectivity index (χ2v) is 9.03. The molecule has 0 aliphatic carbocycles. The molecule has 4 rings (SSSR count). The average molecular weight is 466 g/mol. The van der Waals surface area contributed by atoms with Crippen LogP contribution in [-0.4, -0.2) is 67.0 Å². The van der Waals surface area contributed by atoms with Crippen molar-refractivity contribution in [2.75, 3.05) is 44.2 Å². The van der Waals surface area contributed by atoms with Crippen LogP contribution in [0.1, 0.15) is 18.1 Å². The summed E-state index contributed by atoms with van der Waals surface area (Å²) in [6.07, 6.45) is 1.52. The summed E-state index contributed by atoms with van der Waals surface area (Å²) in [4.78, 5) is 44.8. The molecular weight excluding hydrogens is 438 g/mol. The highest BCUT2D eigenvalue weighted by Crippen LogP contribution is 2.42. The number of anilines is 1. The number of para-hydroxylation sites is 1. The van der Waals surface area contributed by atoms with Gasteiger partial charge in [-0.05, 0) is 37.6 Å². The lowest BCUT2D eigenvalue weighted by atomic mass is 10.1. The quantitative estimate of drug-likeness (QED) is 0.643. The highest BCUT2D eigenvalue weighted by molar-refractivity contribution is 8.04. The van der Waals surface area contributed by atoms with Gasteiger partial charge >= 0.3 is 6.09 Å². The van der Waals surface area contributed by atoms with Gasteiger partial charge < -0.3 is 14.5 Å². The van der Waals surface area contributed by atoms with E-state index in [0.717, 1.165) is 21.7 Å². The van der Waals surface area contributed by atoms with Crippen molar-refractivity contribution in [3.05, 3.63) is 64.6 Å². The number of benzene rings is 2. The SMILES string of the molecule is CCOC(=O)N1CCN(C(=O)CN2C(=O)C(=Cc3ccc(C)cc3)Sc3ccccc32)CC1. The molecule has 0 radical (unpaired) electrons. The van der Waals surface area contributed by atoms with E-state index in [-0.39, 0.29) is 24.5 Å². The number of fused-ring (bicyclic) bond motifs is 1. The molecular formula is C25H27N3O4S. The van der Waals surface area contributed by atoms with Crippen molar-refractivity contribution in [3.8, 4) is 0 Å². The predicted molar refractivity (Wildman–Crippen MR) is 129 cm³/mol. The summed E-state index contributed by atoms with van der Waals surface area (Å²) in [5.41, 5.74) is 2.84. The van der Waals surface area contributed by atoms with E-state index in [4.69, 9.17) is 4.74 Å². The van der Waals surface area contributed by atoms with Crippen LogP contribution in [0, 0.1) is 6.92 Å². The third kappa shape index (κ3) is 5.22. The lowest BCUT2D eigenvalue weighted by molar-refractivity contribution is -0.132. The lowest BCUT2D eigenvalue weighted by Crippen LogP contribution is -2.53. The second kappa shape index (κ2) is 10.1. The van der Waals surface area contributed by atoms with Crippen LogP contribution in [0.2, 0.25) is 0 Å². The number of thioether (sulfide) groups is 1. The number of piperazine rings is 1. The molecule has 0 saturated carbocycles. The fourth-order valence-electron chi connectivity index (χ4n) is 3.82.